The minimum atomic E-state index is 0. The number of hydrogen-bond acceptors (Lipinski definition) is 3. The van der Waals surface area contributed by atoms with Crippen molar-refractivity contribution in [2.75, 3.05) is 6.61 Å². The third-order valence-electron chi connectivity index (χ3n) is 3.87. The minimum absolute atomic E-state index is 0. The van der Waals surface area contributed by atoms with Gasteiger partial charge in [0.05, 0.1) is 28.9 Å². The van der Waals surface area contributed by atoms with Crippen LogP contribution in [0.1, 0.15) is 35.5 Å². The highest BCUT2D eigenvalue weighted by Crippen LogP contribution is 2.26. The molecule has 1 aromatic carbocycles. The number of hydrogen-bond donors (Lipinski definition) is 2. The summed E-state index contributed by atoms with van der Waals surface area (Å²) in [7, 11) is 0. The number of nitrogens with zero attached hydrogens (tertiary/aromatic N) is 2. The van der Waals surface area contributed by atoms with E-state index in [-0.39, 0.29) is 25.1 Å². The van der Waals surface area contributed by atoms with Crippen LogP contribution >= 0.6 is 35.6 Å². The van der Waals surface area contributed by atoms with E-state index in [1.54, 1.807) is 0 Å². The first-order valence-electron chi connectivity index (χ1n) is 7.26. The number of halogens is 3. The summed E-state index contributed by atoms with van der Waals surface area (Å²) < 4.78 is 1.84. The number of aryl methyl sites for hydroxylation is 1. The van der Waals surface area contributed by atoms with Crippen molar-refractivity contribution in [3.8, 4) is 0 Å². The Hall–Kier alpha value is -0.780. The fourth-order valence-electron chi connectivity index (χ4n) is 2.46. The van der Waals surface area contributed by atoms with Gasteiger partial charge in [0.15, 0.2) is 0 Å². The van der Waals surface area contributed by atoms with Gasteiger partial charge in [0.2, 0.25) is 0 Å². The zero-order valence-corrected chi connectivity index (χ0v) is 15.8. The molecule has 0 radical (unpaired) electrons. The zero-order chi connectivity index (χ0) is 16.3. The van der Waals surface area contributed by atoms with Crippen LogP contribution in [0.3, 0.4) is 0 Å². The van der Waals surface area contributed by atoms with Gasteiger partial charge in [-0.25, -0.2) is 0 Å². The Bertz CT molecular complexity index is 658. The molecule has 1 atom stereocenters. The van der Waals surface area contributed by atoms with Crippen LogP contribution in [-0.2, 0) is 13.1 Å². The number of aliphatic hydroxyl groups excluding tert-OH is 1. The summed E-state index contributed by atoms with van der Waals surface area (Å²) >= 11 is 12.0. The normalized spacial score (nSPS) is 12.1. The molecule has 1 aromatic heterocycles. The van der Waals surface area contributed by atoms with Gasteiger partial charge in [0, 0.05) is 23.8 Å². The molecule has 0 amide bonds. The molecule has 7 heteroatoms. The highest BCUT2D eigenvalue weighted by atomic mass is 35.5. The molecular formula is C16H22Cl3N3O. The lowest BCUT2D eigenvalue weighted by atomic mass is 10.1. The Morgan fingerprint density at radius 1 is 1.26 bits per heavy atom. The van der Waals surface area contributed by atoms with Gasteiger partial charge >= 0.3 is 0 Å². The van der Waals surface area contributed by atoms with Crippen molar-refractivity contribution < 1.29 is 5.11 Å². The topological polar surface area (TPSA) is 50.1 Å². The molecule has 0 saturated carbocycles. The summed E-state index contributed by atoms with van der Waals surface area (Å²) in [5, 5.41) is 18.1. The Labute approximate surface area is 153 Å². The summed E-state index contributed by atoms with van der Waals surface area (Å²) in [6.07, 6.45) is 0. The van der Waals surface area contributed by atoms with Gasteiger partial charge in [0.25, 0.3) is 0 Å². The molecule has 1 heterocycles. The van der Waals surface area contributed by atoms with Gasteiger partial charge in [0.1, 0.15) is 0 Å². The van der Waals surface area contributed by atoms with Gasteiger partial charge in [-0.3, -0.25) is 4.68 Å². The molecule has 0 aliphatic heterocycles. The predicted molar refractivity (Wildman–Crippen MR) is 97.8 cm³/mol. The molecule has 2 N–H and O–H groups in total. The van der Waals surface area contributed by atoms with E-state index >= 15 is 0 Å². The average molecular weight is 379 g/mol. The SMILES string of the molecule is Cc1nn(CCO)c(C)c1CNC(C)c1ccc(Cl)c(Cl)c1.Cl. The van der Waals surface area contributed by atoms with E-state index in [0.717, 1.165) is 17.0 Å². The van der Waals surface area contributed by atoms with E-state index in [1.807, 2.05) is 36.7 Å². The molecule has 4 nitrogen and oxygen atoms in total. The fraction of sp³-hybridized carbons (Fsp3) is 0.438. The third-order valence-corrected chi connectivity index (χ3v) is 4.61. The molecule has 2 rings (SSSR count). The summed E-state index contributed by atoms with van der Waals surface area (Å²) in [5.74, 6) is 0. The second kappa shape index (κ2) is 8.90. The lowest BCUT2D eigenvalue weighted by molar-refractivity contribution is 0.267. The van der Waals surface area contributed by atoms with Crippen LogP contribution < -0.4 is 5.32 Å². The van der Waals surface area contributed by atoms with Crippen LogP contribution in [0.2, 0.25) is 10.0 Å². The maximum Gasteiger partial charge on any atom is 0.0644 e. The molecule has 0 fully saturated rings. The fourth-order valence-corrected chi connectivity index (χ4v) is 2.76. The lowest BCUT2D eigenvalue weighted by Gasteiger charge is -2.15. The summed E-state index contributed by atoms with van der Waals surface area (Å²) in [4.78, 5) is 0. The van der Waals surface area contributed by atoms with Crippen molar-refractivity contribution in [3.63, 3.8) is 0 Å². The Morgan fingerprint density at radius 2 is 1.96 bits per heavy atom. The lowest BCUT2D eigenvalue weighted by Crippen LogP contribution is -2.19. The molecular weight excluding hydrogens is 357 g/mol. The highest BCUT2D eigenvalue weighted by molar-refractivity contribution is 6.42. The monoisotopic (exact) mass is 377 g/mol. The first-order chi connectivity index (χ1) is 10.4. The van der Waals surface area contributed by atoms with Crippen LogP contribution in [0.5, 0.6) is 0 Å². The van der Waals surface area contributed by atoms with Gasteiger partial charge in [-0.05, 0) is 38.5 Å². The van der Waals surface area contributed by atoms with Gasteiger partial charge < -0.3 is 10.4 Å². The van der Waals surface area contributed by atoms with E-state index in [0.29, 0.717) is 23.1 Å². The zero-order valence-electron chi connectivity index (χ0n) is 13.4. The quantitative estimate of drug-likeness (QED) is 0.796. The van der Waals surface area contributed by atoms with Gasteiger partial charge in [-0.15, -0.1) is 12.4 Å². The number of benzene rings is 1. The minimum Gasteiger partial charge on any atom is -0.394 e. The Morgan fingerprint density at radius 3 is 2.57 bits per heavy atom. The second-order valence-electron chi connectivity index (χ2n) is 5.37. The van der Waals surface area contributed by atoms with E-state index in [2.05, 4.69) is 17.3 Å². The van der Waals surface area contributed by atoms with Crippen LogP contribution in [0, 0.1) is 13.8 Å². The van der Waals surface area contributed by atoms with Crippen LogP contribution in [0.4, 0.5) is 0 Å². The molecule has 0 saturated heterocycles. The Balaban J connectivity index is 0.00000264. The van der Waals surface area contributed by atoms with Crippen LogP contribution in [0.15, 0.2) is 18.2 Å². The maximum absolute atomic E-state index is 9.06. The molecule has 0 bridgehead atoms. The molecule has 1 unspecified atom stereocenters. The van der Waals surface area contributed by atoms with Crippen LogP contribution in [0.25, 0.3) is 0 Å². The number of aromatic nitrogens is 2. The van der Waals surface area contributed by atoms with Crippen molar-refractivity contribution >= 4 is 35.6 Å². The van der Waals surface area contributed by atoms with Crippen molar-refractivity contribution in [3.05, 3.63) is 50.8 Å². The predicted octanol–water partition coefficient (Wildman–Crippen LogP) is 4.07. The van der Waals surface area contributed by atoms with Crippen molar-refractivity contribution in [2.45, 2.75) is 39.9 Å². The van der Waals surface area contributed by atoms with Crippen molar-refractivity contribution in [2.24, 2.45) is 0 Å². The van der Waals surface area contributed by atoms with E-state index in [9.17, 15) is 0 Å². The molecule has 0 aliphatic rings. The van der Waals surface area contributed by atoms with Gasteiger partial charge in [-0.1, -0.05) is 29.3 Å². The molecule has 0 aliphatic carbocycles. The maximum atomic E-state index is 9.06. The first-order valence-corrected chi connectivity index (χ1v) is 8.01. The number of rotatable bonds is 6. The van der Waals surface area contributed by atoms with Gasteiger partial charge in [-0.2, -0.15) is 5.10 Å². The van der Waals surface area contributed by atoms with Crippen molar-refractivity contribution in [1.29, 1.82) is 0 Å². The van der Waals surface area contributed by atoms with E-state index in [1.165, 1.54) is 5.56 Å². The van der Waals surface area contributed by atoms with Crippen molar-refractivity contribution in [1.82, 2.24) is 15.1 Å². The molecule has 128 valence electrons. The number of nitrogens with one attached hydrogen (secondary N) is 1. The second-order valence-corrected chi connectivity index (χ2v) is 6.19. The molecule has 2 aromatic rings. The first kappa shape index (κ1) is 20.3. The summed E-state index contributed by atoms with van der Waals surface area (Å²) in [6, 6.07) is 5.82. The largest absolute Gasteiger partial charge is 0.394 e. The molecule has 0 spiro atoms. The third kappa shape index (κ3) is 4.85. The van der Waals surface area contributed by atoms with Crippen LogP contribution in [-0.4, -0.2) is 21.5 Å². The van der Waals surface area contributed by atoms with E-state index < -0.39 is 0 Å². The average Bonchev–Trinajstić information content (AvgIpc) is 2.74. The smallest absolute Gasteiger partial charge is 0.0644 e. The summed E-state index contributed by atoms with van der Waals surface area (Å²) in [6.45, 7) is 7.43. The Kier molecular flexibility index (Phi) is 7.84. The molecule has 23 heavy (non-hydrogen) atoms. The standard InChI is InChI=1S/C16H21Cl2N3O.ClH/c1-10(13-4-5-15(17)16(18)8-13)19-9-14-11(2)20-21(6-7-22)12(14)3;/h4-5,8,10,19,22H,6-7,9H2,1-3H3;1H. The van der Waals surface area contributed by atoms with E-state index in [4.69, 9.17) is 28.3 Å². The highest BCUT2D eigenvalue weighted by Gasteiger charge is 2.13. The number of aliphatic hydroxyl groups is 1. The summed E-state index contributed by atoms with van der Waals surface area (Å²) in [5.41, 5.74) is 4.33.